The maximum atomic E-state index is 13.5. The average Bonchev–Trinajstić information content (AvgIpc) is 3.08. The molecule has 3 heterocycles. The smallest absolute Gasteiger partial charge is 0.219 e. The number of carbonyl (C=O) groups excluding carboxylic acids is 1. The Balaban J connectivity index is 1.25. The van der Waals surface area contributed by atoms with Crippen LogP contribution in [0.4, 0.5) is 10.1 Å². The predicted octanol–water partition coefficient (Wildman–Crippen LogP) is 0.758. The number of carbonyl (C=O) groups is 1. The van der Waals surface area contributed by atoms with Crippen molar-refractivity contribution < 1.29 is 19.4 Å². The van der Waals surface area contributed by atoms with E-state index in [0.717, 1.165) is 38.4 Å². The summed E-state index contributed by atoms with van der Waals surface area (Å²) in [6.07, 6.45) is 1.96. The summed E-state index contributed by atoms with van der Waals surface area (Å²) in [6.45, 7) is 8.53. The molecule has 7 nitrogen and oxygen atoms in total. The summed E-state index contributed by atoms with van der Waals surface area (Å²) in [5.74, 6) is -0.125. The third kappa shape index (κ3) is 5.55. The summed E-state index contributed by atoms with van der Waals surface area (Å²) in [5, 5.41) is 22.3. The maximum Gasteiger partial charge on any atom is 0.219 e. The van der Waals surface area contributed by atoms with Gasteiger partial charge in [-0.05, 0) is 37.5 Å². The number of halogens is 1. The highest BCUT2D eigenvalue weighted by molar-refractivity contribution is 5.73. The summed E-state index contributed by atoms with van der Waals surface area (Å²) in [6, 6.07) is 6.61. The molecule has 0 aliphatic carbocycles. The standard InChI is InChI=1S/C23H35FN4O3/c1-19(29)27-13-11-25(12-14-27)17-23(31)5-8-26(18-23)16-22(30)6-9-28(10-7-22)21-4-2-3-20(24)15-21/h2-4,15,30-31H,5-14,16-18H2,1H3. The Kier molecular flexibility index (Phi) is 6.53. The lowest BCUT2D eigenvalue weighted by atomic mass is 9.90. The van der Waals surface area contributed by atoms with Crippen LogP contribution >= 0.6 is 0 Å². The molecule has 8 heteroatoms. The Morgan fingerprint density at radius 1 is 0.935 bits per heavy atom. The number of hydrogen-bond acceptors (Lipinski definition) is 6. The molecule has 3 aliphatic rings. The number of hydrogen-bond donors (Lipinski definition) is 2. The Morgan fingerprint density at radius 2 is 1.58 bits per heavy atom. The summed E-state index contributed by atoms with van der Waals surface area (Å²) in [7, 11) is 0. The largest absolute Gasteiger partial charge is 0.388 e. The fourth-order valence-corrected chi connectivity index (χ4v) is 5.27. The maximum absolute atomic E-state index is 13.5. The van der Waals surface area contributed by atoms with Crippen LogP contribution in [-0.4, -0.2) is 107 Å². The average molecular weight is 435 g/mol. The monoisotopic (exact) mass is 434 g/mol. The highest BCUT2D eigenvalue weighted by Gasteiger charge is 2.42. The quantitative estimate of drug-likeness (QED) is 0.713. The lowest BCUT2D eigenvalue weighted by Crippen LogP contribution is -2.54. The third-order valence-electron chi connectivity index (χ3n) is 7.13. The minimum absolute atomic E-state index is 0.113. The molecule has 1 atom stereocenters. The number of aliphatic hydroxyl groups is 2. The SMILES string of the molecule is CC(=O)N1CCN(CC2(O)CCN(CC3(O)CCN(c4cccc(F)c4)CC3)C2)CC1. The summed E-state index contributed by atoms with van der Waals surface area (Å²) in [4.78, 5) is 19.9. The predicted molar refractivity (Wildman–Crippen MR) is 117 cm³/mol. The van der Waals surface area contributed by atoms with E-state index in [1.807, 2.05) is 11.0 Å². The third-order valence-corrected chi connectivity index (χ3v) is 7.13. The van der Waals surface area contributed by atoms with Crippen LogP contribution < -0.4 is 4.90 Å². The second-order valence-electron chi connectivity index (χ2n) is 9.66. The molecular formula is C23H35FN4O3. The zero-order valence-corrected chi connectivity index (χ0v) is 18.5. The van der Waals surface area contributed by atoms with Gasteiger partial charge in [0.1, 0.15) is 5.82 Å². The van der Waals surface area contributed by atoms with E-state index in [-0.39, 0.29) is 11.7 Å². The molecule has 0 aromatic heterocycles. The molecule has 0 bridgehead atoms. The molecule has 1 aromatic carbocycles. The van der Waals surface area contributed by atoms with Gasteiger partial charge in [0.25, 0.3) is 0 Å². The van der Waals surface area contributed by atoms with Gasteiger partial charge < -0.3 is 20.0 Å². The van der Waals surface area contributed by atoms with Gasteiger partial charge in [0, 0.05) is 78.1 Å². The van der Waals surface area contributed by atoms with Gasteiger partial charge in [0.05, 0.1) is 11.2 Å². The minimum atomic E-state index is -0.776. The van der Waals surface area contributed by atoms with E-state index in [2.05, 4.69) is 14.7 Å². The van der Waals surface area contributed by atoms with E-state index in [0.29, 0.717) is 52.0 Å². The van der Waals surface area contributed by atoms with Gasteiger partial charge in [0.2, 0.25) is 5.91 Å². The van der Waals surface area contributed by atoms with Crippen molar-refractivity contribution in [2.75, 3.05) is 70.3 Å². The Morgan fingerprint density at radius 3 is 2.23 bits per heavy atom. The van der Waals surface area contributed by atoms with Crippen molar-refractivity contribution in [2.24, 2.45) is 0 Å². The van der Waals surface area contributed by atoms with Crippen LogP contribution in [-0.2, 0) is 4.79 Å². The van der Waals surface area contributed by atoms with Crippen molar-refractivity contribution >= 4 is 11.6 Å². The molecule has 4 rings (SSSR count). The van der Waals surface area contributed by atoms with E-state index in [9.17, 15) is 19.4 Å². The summed E-state index contributed by atoms with van der Waals surface area (Å²) in [5.41, 5.74) is -0.679. The summed E-state index contributed by atoms with van der Waals surface area (Å²) >= 11 is 0. The van der Waals surface area contributed by atoms with E-state index < -0.39 is 11.2 Å². The minimum Gasteiger partial charge on any atom is -0.388 e. The normalized spacial score (nSPS) is 27.6. The molecule has 2 N–H and O–H groups in total. The zero-order chi connectivity index (χ0) is 22.1. The first-order chi connectivity index (χ1) is 14.7. The van der Waals surface area contributed by atoms with Gasteiger partial charge >= 0.3 is 0 Å². The molecule has 0 saturated carbocycles. The van der Waals surface area contributed by atoms with Gasteiger partial charge in [-0.3, -0.25) is 14.6 Å². The number of benzene rings is 1. The van der Waals surface area contributed by atoms with Crippen molar-refractivity contribution in [2.45, 2.75) is 37.4 Å². The van der Waals surface area contributed by atoms with Crippen molar-refractivity contribution in [1.29, 1.82) is 0 Å². The van der Waals surface area contributed by atoms with Gasteiger partial charge in [0.15, 0.2) is 0 Å². The van der Waals surface area contributed by atoms with Gasteiger partial charge in [-0.15, -0.1) is 0 Å². The second-order valence-corrected chi connectivity index (χ2v) is 9.66. The fraction of sp³-hybridized carbons (Fsp3) is 0.696. The second kappa shape index (κ2) is 9.02. The van der Waals surface area contributed by atoms with E-state index in [1.165, 1.54) is 6.07 Å². The number of anilines is 1. The number of piperazine rings is 1. The number of β-amino-alcohol motifs (C(OH)–C–C–N with tert-alkyl or cyclic N) is 2. The molecule has 3 aliphatic heterocycles. The van der Waals surface area contributed by atoms with Crippen LogP contribution in [0.2, 0.25) is 0 Å². The first-order valence-electron chi connectivity index (χ1n) is 11.4. The highest BCUT2D eigenvalue weighted by atomic mass is 19.1. The van der Waals surface area contributed by atoms with Crippen LogP contribution in [0.1, 0.15) is 26.2 Å². The zero-order valence-electron chi connectivity index (χ0n) is 18.5. The van der Waals surface area contributed by atoms with Crippen molar-refractivity contribution in [3.63, 3.8) is 0 Å². The van der Waals surface area contributed by atoms with Crippen LogP contribution in [0, 0.1) is 5.82 Å². The van der Waals surface area contributed by atoms with Crippen LogP contribution in [0.25, 0.3) is 0 Å². The van der Waals surface area contributed by atoms with Gasteiger partial charge in [-0.2, -0.15) is 0 Å². The molecule has 0 radical (unpaired) electrons. The molecular weight excluding hydrogens is 399 g/mol. The molecule has 31 heavy (non-hydrogen) atoms. The highest BCUT2D eigenvalue weighted by Crippen LogP contribution is 2.30. The van der Waals surface area contributed by atoms with Crippen LogP contribution in [0.3, 0.4) is 0 Å². The van der Waals surface area contributed by atoms with Crippen molar-refractivity contribution in [3.8, 4) is 0 Å². The van der Waals surface area contributed by atoms with Gasteiger partial charge in [-0.1, -0.05) is 6.07 Å². The first kappa shape index (κ1) is 22.5. The van der Waals surface area contributed by atoms with E-state index >= 15 is 0 Å². The number of amides is 1. The molecule has 3 saturated heterocycles. The molecule has 172 valence electrons. The van der Waals surface area contributed by atoms with Crippen LogP contribution in [0.15, 0.2) is 24.3 Å². The van der Waals surface area contributed by atoms with Crippen molar-refractivity contribution in [3.05, 3.63) is 30.1 Å². The number of likely N-dealkylation sites (tertiary alicyclic amines) is 1. The molecule has 1 aromatic rings. The topological polar surface area (TPSA) is 70.5 Å². The molecule has 3 fully saturated rings. The van der Waals surface area contributed by atoms with E-state index in [4.69, 9.17) is 0 Å². The summed E-state index contributed by atoms with van der Waals surface area (Å²) < 4.78 is 13.5. The number of piperidine rings is 1. The lowest BCUT2D eigenvalue weighted by molar-refractivity contribution is -0.130. The van der Waals surface area contributed by atoms with Crippen molar-refractivity contribution in [1.82, 2.24) is 14.7 Å². The molecule has 1 amide bonds. The Labute approximate surface area is 184 Å². The Bertz CT molecular complexity index is 778. The van der Waals surface area contributed by atoms with Crippen LogP contribution in [0.5, 0.6) is 0 Å². The van der Waals surface area contributed by atoms with E-state index in [1.54, 1.807) is 19.1 Å². The Hall–Kier alpha value is -1.74. The molecule has 0 spiro atoms. The first-order valence-corrected chi connectivity index (χ1v) is 11.4. The number of rotatable bonds is 5. The number of nitrogens with zero attached hydrogens (tertiary/aromatic N) is 4. The van der Waals surface area contributed by atoms with Gasteiger partial charge in [-0.25, -0.2) is 4.39 Å². The molecule has 1 unspecified atom stereocenters. The lowest BCUT2D eigenvalue weighted by Gasteiger charge is -2.41. The fourth-order valence-electron chi connectivity index (χ4n) is 5.27.